The summed E-state index contributed by atoms with van der Waals surface area (Å²) in [5.41, 5.74) is -11.0. The molecule has 28 heavy (non-hydrogen) atoms. The van der Waals surface area contributed by atoms with Crippen LogP contribution in [0.5, 0.6) is 0 Å². The molecule has 1 heterocycles. The average Bonchev–Trinajstić information content (AvgIpc) is 3.06. The highest BCUT2D eigenvalue weighted by molar-refractivity contribution is 5.06. The van der Waals surface area contributed by atoms with Crippen molar-refractivity contribution in [1.82, 2.24) is 0 Å². The highest BCUT2D eigenvalue weighted by atomic mass is 19.4. The van der Waals surface area contributed by atoms with E-state index in [9.17, 15) is 65.9 Å². The molecule has 1 aliphatic heterocycles. The Morgan fingerprint density at radius 2 is 0.786 bits per heavy atom. The van der Waals surface area contributed by atoms with E-state index in [1.54, 1.807) is 0 Å². The Balaban J connectivity index is 3.22. The monoisotopic (exact) mass is 454 g/mol. The van der Waals surface area contributed by atoms with Gasteiger partial charge in [0.05, 0.1) is 12.2 Å². The Bertz CT molecular complexity index is 510. The molecular weight excluding hydrogens is 445 g/mol. The Morgan fingerprint density at radius 1 is 0.500 bits per heavy atom. The van der Waals surface area contributed by atoms with E-state index in [0.29, 0.717) is 0 Å². The van der Waals surface area contributed by atoms with Crippen LogP contribution in [0.1, 0.15) is 19.8 Å². The zero-order valence-electron chi connectivity index (χ0n) is 13.1. The lowest BCUT2D eigenvalue weighted by atomic mass is 9.77. The van der Waals surface area contributed by atoms with E-state index < -0.39 is 73.7 Å². The molecule has 1 nitrogen and oxygen atoms in total. The summed E-state index contributed by atoms with van der Waals surface area (Å²) < 4.78 is 195. The fraction of sp³-hybridized carbons (Fsp3) is 1.00. The molecule has 1 saturated heterocycles. The largest absolute Gasteiger partial charge is 0.412 e. The van der Waals surface area contributed by atoms with Crippen molar-refractivity contribution in [2.75, 3.05) is 0 Å². The quantitative estimate of drug-likeness (QED) is 0.357. The molecule has 0 aliphatic carbocycles. The van der Waals surface area contributed by atoms with E-state index in [-0.39, 0.29) is 0 Å². The lowest BCUT2D eigenvalue weighted by Crippen LogP contribution is -2.60. The van der Waals surface area contributed by atoms with Gasteiger partial charge in [-0.1, -0.05) is 0 Å². The summed E-state index contributed by atoms with van der Waals surface area (Å²) >= 11 is 0. The van der Waals surface area contributed by atoms with Gasteiger partial charge in [0.2, 0.25) is 0 Å². The molecule has 0 aromatic carbocycles. The number of ether oxygens (including phenoxy) is 1. The van der Waals surface area contributed by atoms with Gasteiger partial charge in [-0.05, 0) is 13.3 Å². The Hall–Kier alpha value is -1.09. The first kappa shape index (κ1) is 24.9. The molecular formula is C12H9F15O. The third-order valence-electron chi connectivity index (χ3n) is 4.51. The normalized spacial score (nSPS) is 23.1. The number of alkyl halides is 15. The first-order valence-electron chi connectivity index (χ1n) is 6.91. The van der Waals surface area contributed by atoms with E-state index in [1.165, 1.54) is 0 Å². The van der Waals surface area contributed by atoms with Crippen molar-refractivity contribution in [2.45, 2.75) is 62.9 Å². The van der Waals surface area contributed by atoms with Crippen molar-refractivity contribution >= 4 is 0 Å². The van der Waals surface area contributed by atoms with Gasteiger partial charge >= 0.3 is 30.9 Å². The predicted octanol–water partition coefficient (Wildman–Crippen LogP) is 6.34. The molecule has 0 radical (unpaired) electrons. The zero-order valence-corrected chi connectivity index (χ0v) is 13.1. The first-order valence-corrected chi connectivity index (χ1v) is 6.91. The molecule has 16 heteroatoms. The minimum Gasteiger partial charge on any atom is -0.370 e. The predicted molar refractivity (Wildman–Crippen MR) is 58.7 cm³/mol. The number of hydrogen-bond donors (Lipinski definition) is 0. The molecule has 0 N–H and O–H groups in total. The van der Waals surface area contributed by atoms with Crippen molar-refractivity contribution in [1.29, 1.82) is 0 Å². The Kier molecular flexibility index (Phi) is 5.75. The van der Waals surface area contributed by atoms with Gasteiger partial charge in [-0.3, -0.25) is 0 Å². The lowest BCUT2D eigenvalue weighted by Gasteiger charge is -2.38. The van der Waals surface area contributed by atoms with Crippen LogP contribution >= 0.6 is 0 Å². The van der Waals surface area contributed by atoms with E-state index >= 15 is 0 Å². The minimum absolute atomic E-state index is 0.434. The van der Waals surface area contributed by atoms with E-state index in [0.717, 1.165) is 0 Å². The summed E-state index contributed by atoms with van der Waals surface area (Å²) in [5.74, 6) is 0. The standard InChI is InChI=1S/C12H9F15O/c1-6(8(13,14)15,9(16,17)18)2-4-5(28-4)3-7(10(19,20)21,11(22,23)24)12(25,26)27/h4-5H,2-3H2,1H3. The van der Waals surface area contributed by atoms with Crippen LogP contribution in [-0.4, -0.2) is 43.1 Å². The fourth-order valence-electron chi connectivity index (χ4n) is 2.46. The summed E-state index contributed by atoms with van der Waals surface area (Å²) in [6.45, 7) is -0.434. The van der Waals surface area contributed by atoms with Gasteiger partial charge in [-0.2, -0.15) is 65.9 Å². The van der Waals surface area contributed by atoms with Crippen LogP contribution in [0.15, 0.2) is 0 Å². The minimum atomic E-state index is -6.99. The van der Waals surface area contributed by atoms with Crippen LogP contribution in [0.4, 0.5) is 65.9 Å². The van der Waals surface area contributed by atoms with Gasteiger partial charge in [0.25, 0.3) is 5.41 Å². The number of rotatable bonds is 4. The second kappa shape index (κ2) is 6.45. The summed E-state index contributed by atoms with van der Waals surface area (Å²) in [4.78, 5) is 0. The maximum absolute atomic E-state index is 12.7. The fourth-order valence-corrected chi connectivity index (χ4v) is 2.46. The van der Waals surface area contributed by atoms with Gasteiger partial charge in [0.1, 0.15) is 0 Å². The molecule has 1 fully saturated rings. The smallest absolute Gasteiger partial charge is 0.370 e. The summed E-state index contributed by atoms with van der Waals surface area (Å²) in [5, 5.41) is 0. The van der Waals surface area contributed by atoms with Gasteiger partial charge in [-0.15, -0.1) is 0 Å². The summed E-state index contributed by atoms with van der Waals surface area (Å²) in [7, 11) is 0. The molecule has 168 valence electrons. The molecule has 0 saturated carbocycles. The van der Waals surface area contributed by atoms with E-state index in [4.69, 9.17) is 0 Å². The molecule has 2 atom stereocenters. The summed E-state index contributed by atoms with van der Waals surface area (Å²) in [6.07, 6.45) is -43.5. The molecule has 0 aromatic rings. The number of halogens is 15. The second-order valence-corrected chi connectivity index (χ2v) is 6.35. The average molecular weight is 454 g/mol. The third kappa shape index (κ3) is 3.97. The molecule has 0 spiro atoms. The Labute approximate surface area is 145 Å². The molecule has 1 aliphatic rings. The SMILES string of the molecule is CC(CC1OC1CC(C(F)(F)F)(C(F)(F)F)C(F)(F)F)(C(F)(F)F)C(F)(F)F. The molecule has 2 unspecified atom stereocenters. The van der Waals surface area contributed by atoms with Crippen LogP contribution in [0, 0.1) is 10.8 Å². The molecule has 1 rings (SSSR count). The van der Waals surface area contributed by atoms with Crippen LogP contribution in [0.2, 0.25) is 0 Å². The van der Waals surface area contributed by atoms with Crippen LogP contribution < -0.4 is 0 Å². The van der Waals surface area contributed by atoms with Gasteiger partial charge in [-0.25, -0.2) is 0 Å². The molecule has 0 bridgehead atoms. The van der Waals surface area contributed by atoms with Crippen molar-refractivity contribution in [3.8, 4) is 0 Å². The lowest BCUT2D eigenvalue weighted by molar-refractivity contribution is -0.429. The topological polar surface area (TPSA) is 12.5 Å². The van der Waals surface area contributed by atoms with Gasteiger partial charge < -0.3 is 4.74 Å². The van der Waals surface area contributed by atoms with Gasteiger partial charge in [0, 0.05) is 6.42 Å². The van der Waals surface area contributed by atoms with Crippen molar-refractivity contribution in [3.63, 3.8) is 0 Å². The van der Waals surface area contributed by atoms with E-state index in [1.807, 2.05) is 0 Å². The van der Waals surface area contributed by atoms with Crippen molar-refractivity contribution in [2.24, 2.45) is 10.8 Å². The van der Waals surface area contributed by atoms with Gasteiger partial charge in [0.15, 0.2) is 5.41 Å². The maximum Gasteiger partial charge on any atom is 0.412 e. The van der Waals surface area contributed by atoms with Crippen molar-refractivity contribution < 1.29 is 70.6 Å². The second-order valence-electron chi connectivity index (χ2n) is 6.35. The first-order chi connectivity index (χ1) is 11.9. The zero-order chi connectivity index (χ0) is 22.8. The molecule has 0 amide bonds. The molecule has 0 aromatic heterocycles. The highest BCUT2D eigenvalue weighted by Gasteiger charge is 2.84. The summed E-state index contributed by atoms with van der Waals surface area (Å²) in [6, 6.07) is 0. The third-order valence-corrected chi connectivity index (χ3v) is 4.51. The maximum atomic E-state index is 12.7. The number of epoxide rings is 1. The van der Waals surface area contributed by atoms with Crippen molar-refractivity contribution in [3.05, 3.63) is 0 Å². The van der Waals surface area contributed by atoms with Crippen LogP contribution in [0.25, 0.3) is 0 Å². The van der Waals surface area contributed by atoms with Crippen LogP contribution in [-0.2, 0) is 4.74 Å². The highest BCUT2D eigenvalue weighted by Crippen LogP contribution is 2.64. The van der Waals surface area contributed by atoms with Crippen LogP contribution in [0.3, 0.4) is 0 Å². The Morgan fingerprint density at radius 3 is 1.04 bits per heavy atom. The number of hydrogen-bond acceptors (Lipinski definition) is 1. The van der Waals surface area contributed by atoms with E-state index in [2.05, 4.69) is 4.74 Å².